The molecule has 0 amide bonds. The number of aromatic nitrogens is 3. The maximum Gasteiger partial charge on any atom is 0.269 e. The van der Waals surface area contributed by atoms with Gasteiger partial charge in [0.2, 0.25) is 0 Å². The second kappa shape index (κ2) is 5.34. The Labute approximate surface area is 128 Å². The summed E-state index contributed by atoms with van der Waals surface area (Å²) in [6.07, 6.45) is 3.18. The zero-order valence-electron chi connectivity index (χ0n) is 10.3. The summed E-state index contributed by atoms with van der Waals surface area (Å²) in [5, 5.41) is 1.21. The van der Waals surface area contributed by atoms with Gasteiger partial charge in [-0.3, -0.25) is 14.3 Å². The molecule has 0 fully saturated rings. The molecule has 0 saturated carbocycles. The molecular formula is C14H9BrClN3O. The van der Waals surface area contributed by atoms with Gasteiger partial charge in [0, 0.05) is 11.6 Å². The van der Waals surface area contributed by atoms with Crippen LogP contribution in [0.2, 0.25) is 5.15 Å². The minimum absolute atomic E-state index is 0.169. The van der Waals surface area contributed by atoms with Crippen LogP contribution in [0.1, 0.15) is 5.56 Å². The maximum absolute atomic E-state index is 12.1. The van der Waals surface area contributed by atoms with Crippen molar-refractivity contribution >= 4 is 38.4 Å². The fourth-order valence-corrected chi connectivity index (χ4v) is 2.49. The molecule has 0 radical (unpaired) electrons. The normalized spacial score (nSPS) is 10.9. The van der Waals surface area contributed by atoms with E-state index in [1.165, 1.54) is 10.9 Å². The van der Waals surface area contributed by atoms with Gasteiger partial charge in [0.05, 0.1) is 18.4 Å². The number of halogens is 2. The Bertz CT molecular complexity index is 842. The Morgan fingerprint density at radius 2 is 2.00 bits per heavy atom. The number of hydrogen-bond donors (Lipinski definition) is 0. The molecular weight excluding hydrogens is 342 g/mol. The number of para-hydroxylation sites is 1. The third-order valence-electron chi connectivity index (χ3n) is 3.00. The lowest BCUT2D eigenvalue weighted by Gasteiger charge is -2.08. The van der Waals surface area contributed by atoms with Gasteiger partial charge in [-0.15, -0.1) is 0 Å². The largest absolute Gasteiger partial charge is 0.294 e. The molecule has 0 unspecified atom stereocenters. The van der Waals surface area contributed by atoms with Gasteiger partial charge in [-0.1, -0.05) is 35.9 Å². The number of nitrogens with zero attached hydrogens (tertiary/aromatic N) is 3. The molecule has 1 aromatic carbocycles. The average molecular weight is 351 g/mol. The molecule has 0 spiro atoms. The SMILES string of the molecule is O=c1c(Br)c(Cl)ncn1Cc1cccc2cccnc12. The predicted octanol–water partition coefficient (Wildman–Crippen LogP) is 3.26. The van der Waals surface area contributed by atoms with Gasteiger partial charge in [0.25, 0.3) is 5.56 Å². The van der Waals surface area contributed by atoms with Crippen molar-refractivity contribution in [2.24, 2.45) is 0 Å². The van der Waals surface area contributed by atoms with E-state index in [2.05, 4.69) is 25.9 Å². The summed E-state index contributed by atoms with van der Waals surface area (Å²) in [4.78, 5) is 20.5. The fourth-order valence-electron chi connectivity index (χ4n) is 2.03. The molecule has 4 nitrogen and oxygen atoms in total. The topological polar surface area (TPSA) is 47.8 Å². The summed E-state index contributed by atoms with van der Waals surface area (Å²) in [5.74, 6) is 0. The van der Waals surface area contributed by atoms with E-state index < -0.39 is 0 Å². The molecule has 0 bridgehead atoms. The molecule has 6 heteroatoms. The lowest BCUT2D eigenvalue weighted by molar-refractivity contribution is 0.734. The van der Waals surface area contributed by atoms with Crippen molar-refractivity contribution in [3.63, 3.8) is 0 Å². The summed E-state index contributed by atoms with van der Waals surface area (Å²) < 4.78 is 1.77. The van der Waals surface area contributed by atoms with Gasteiger partial charge in [0.1, 0.15) is 4.47 Å². The van der Waals surface area contributed by atoms with E-state index in [4.69, 9.17) is 11.6 Å². The maximum atomic E-state index is 12.1. The van der Waals surface area contributed by atoms with Crippen LogP contribution in [0, 0.1) is 0 Å². The van der Waals surface area contributed by atoms with Crippen molar-refractivity contribution in [2.45, 2.75) is 6.54 Å². The quantitative estimate of drug-likeness (QED) is 0.667. The fraction of sp³-hybridized carbons (Fsp3) is 0.0714. The zero-order valence-corrected chi connectivity index (χ0v) is 12.6. The standard InChI is InChI=1S/C14H9BrClN3O/c15-11-13(16)18-8-19(14(11)20)7-10-4-1-3-9-5-2-6-17-12(9)10/h1-6,8H,7H2. The van der Waals surface area contributed by atoms with Gasteiger partial charge in [-0.2, -0.15) is 0 Å². The third kappa shape index (κ3) is 2.34. The number of fused-ring (bicyclic) bond motifs is 1. The first-order chi connectivity index (χ1) is 9.66. The van der Waals surface area contributed by atoms with E-state index in [-0.39, 0.29) is 15.2 Å². The van der Waals surface area contributed by atoms with Crippen LogP contribution in [0.25, 0.3) is 10.9 Å². The van der Waals surface area contributed by atoms with Crippen molar-refractivity contribution in [1.82, 2.24) is 14.5 Å². The molecule has 0 aliphatic rings. The molecule has 0 aliphatic heterocycles. The van der Waals surface area contributed by atoms with Gasteiger partial charge in [0.15, 0.2) is 5.15 Å². The van der Waals surface area contributed by atoms with E-state index >= 15 is 0 Å². The van der Waals surface area contributed by atoms with Crippen LogP contribution in [0.3, 0.4) is 0 Å². The van der Waals surface area contributed by atoms with Crippen LogP contribution in [-0.2, 0) is 6.54 Å². The summed E-state index contributed by atoms with van der Waals surface area (Å²) in [7, 11) is 0. The third-order valence-corrected chi connectivity index (χ3v) is 4.23. The van der Waals surface area contributed by atoms with Crippen LogP contribution in [0.5, 0.6) is 0 Å². The summed E-state index contributed by atoms with van der Waals surface area (Å²) in [5.41, 5.74) is 1.63. The molecule has 2 heterocycles. The van der Waals surface area contributed by atoms with Crippen molar-refractivity contribution < 1.29 is 0 Å². The summed E-state index contributed by atoms with van der Waals surface area (Å²) in [6.45, 7) is 0.399. The first-order valence-electron chi connectivity index (χ1n) is 5.90. The Hall–Kier alpha value is -1.72. The van der Waals surface area contributed by atoms with E-state index in [1.54, 1.807) is 6.20 Å². The molecule has 100 valence electrons. The highest BCUT2D eigenvalue weighted by Crippen LogP contribution is 2.18. The van der Waals surface area contributed by atoms with Crippen LogP contribution in [0.15, 0.2) is 52.1 Å². The first-order valence-corrected chi connectivity index (χ1v) is 7.07. The van der Waals surface area contributed by atoms with E-state index in [1.807, 2.05) is 30.3 Å². The summed E-state index contributed by atoms with van der Waals surface area (Å²) >= 11 is 8.95. The molecule has 3 rings (SSSR count). The Morgan fingerprint density at radius 1 is 1.20 bits per heavy atom. The van der Waals surface area contributed by atoms with Crippen LogP contribution in [-0.4, -0.2) is 14.5 Å². The number of benzene rings is 1. The molecule has 2 aromatic heterocycles. The van der Waals surface area contributed by atoms with Crippen molar-refractivity contribution in [2.75, 3.05) is 0 Å². The highest BCUT2D eigenvalue weighted by molar-refractivity contribution is 9.10. The smallest absolute Gasteiger partial charge is 0.269 e. The van der Waals surface area contributed by atoms with E-state index in [9.17, 15) is 4.79 Å². The predicted molar refractivity (Wildman–Crippen MR) is 82.1 cm³/mol. The van der Waals surface area contributed by atoms with Crippen molar-refractivity contribution in [3.05, 3.63) is 68.4 Å². The molecule has 0 saturated heterocycles. The van der Waals surface area contributed by atoms with Crippen molar-refractivity contribution in [3.8, 4) is 0 Å². The van der Waals surface area contributed by atoms with Gasteiger partial charge < -0.3 is 0 Å². The second-order valence-electron chi connectivity index (χ2n) is 4.27. The highest BCUT2D eigenvalue weighted by atomic mass is 79.9. The highest BCUT2D eigenvalue weighted by Gasteiger charge is 2.09. The van der Waals surface area contributed by atoms with Crippen LogP contribution >= 0.6 is 27.5 Å². The Kier molecular flexibility index (Phi) is 3.54. The minimum atomic E-state index is -0.210. The second-order valence-corrected chi connectivity index (χ2v) is 5.43. The van der Waals surface area contributed by atoms with Crippen molar-refractivity contribution in [1.29, 1.82) is 0 Å². The molecule has 0 atom stereocenters. The first kappa shape index (κ1) is 13.3. The Balaban J connectivity index is 2.11. The van der Waals surface area contributed by atoms with Gasteiger partial charge in [-0.05, 0) is 27.6 Å². The van der Waals surface area contributed by atoms with Crippen LogP contribution < -0.4 is 5.56 Å². The lowest BCUT2D eigenvalue weighted by Crippen LogP contribution is -2.22. The molecule has 0 N–H and O–H groups in total. The lowest BCUT2D eigenvalue weighted by atomic mass is 10.1. The Morgan fingerprint density at radius 3 is 2.85 bits per heavy atom. The van der Waals surface area contributed by atoms with Gasteiger partial charge >= 0.3 is 0 Å². The average Bonchev–Trinajstić information content (AvgIpc) is 2.48. The molecule has 3 aromatic rings. The zero-order chi connectivity index (χ0) is 14.1. The van der Waals surface area contributed by atoms with Gasteiger partial charge in [-0.25, -0.2) is 4.98 Å². The number of pyridine rings is 1. The monoisotopic (exact) mass is 349 g/mol. The minimum Gasteiger partial charge on any atom is -0.294 e. The van der Waals surface area contributed by atoms with E-state index in [0.29, 0.717) is 6.54 Å². The van der Waals surface area contributed by atoms with E-state index in [0.717, 1.165) is 16.5 Å². The number of rotatable bonds is 2. The molecule has 0 aliphatic carbocycles. The van der Waals surface area contributed by atoms with Crippen LogP contribution in [0.4, 0.5) is 0 Å². The molecule has 20 heavy (non-hydrogen) atoms. The summed E-state index contributed by atoms with van der Waals surface area (Å²) in [6, 6.07) is 9.76. The number of hydrogen-bond acceptors (Lipinski definition) is 3.